The maximum Gasteiger partial charge on any atom is 0.460 e. The fourth-order valence-corrected chi connectivity index (χ4v) is 2.26. The maximum absolute atomic E-state index is 14.0. The number of benzene rings is 1. The van der Waals surface area contributed by atoms with Gasteiger partial charge in [0, 0.05) is 0 Å². The average Bonchev–Trinajstić information content (AvgIpc) is 2.43. The van der Waals surface area contributed by atoms with Gasteiger partial charge in [-0.25, -0.2) is 11.0 Å². The van der Waals surface area contributed by atoms with Gasteiger partial charge in [0.25, 0.3) is 0 Å². The van der Waals surface area contributed by atoms with E-state index in [2.05, 4.69) is 15.5 Å². The Hall–Kier alpha value is -1.30. The van der Waals surface area contributed by atoms with Gasteiger partial charge < -0.3 is 0 Å². The molecule has 0 saturated heterocycles. The first kappa shape index (κ1) is 21.7. The first-order valence-electron chi connectivity index (χ1n) is 6.06. The Kier molecular flexibility index (Phi) is 5.61. The first-order valence-corrected chi connectivity index (χ1v) is 7.82. The largest absolute Gasteiger partial charge is 0.460 e. The summed E-state index contributed by atoms with van der Waals surface area (Å²) in [5, 5.41) is 0. The van der Waals surface area contributed by atoms with Crippen LogP contribution in [-0.2, 0) is 9.09 Å². The van der Waals surface area contributed by atoms with Crippen molar-refractivity contribution in [3.63, 3.8) is 0 Å². The van der Waals surface area contributed by atoms with Gasteiger partial charge in [-0.15, -0.1) is 0 Å². The molecular weight excluding hydrogens is 394 g/mol. The highest BCUT2D eigenvalue weighted by Crippen LogP contribution is 2.58. The van der Waals surface area contributed by atoms with Crippen molar-refractivity contribution in [2.75, 3.05) is 0 Å². The van der Waals surface area contributed by atoms with E-state index in [1.54, 1.807) is 0 Å². The van der Waals surface area contributed by atoms with Gasteiger partial charge in [-0.3, -0.25) is 9.09 Å². The molecule has 0 aromatic heterocycles. The Morgan fingerprint density at radius 1 is 0.840 bits per heavy atom. The molecule has 1 aromatic rings. The normalized spacial score (nSPS) is 16.0. The van der Waals surface area contributed by atoms with Crippen LogP contribution in [0.3, 0.4) is 0 Å². The third-order valence-electron chi connectivity index (χ3n) is 2.87. The molecule has 4 N–H and O–H groups in total. The summed E-state index contributed by atoms with van der Waals surface area (Å²) in [4.78, 5) is 0. The van der Waals surface area contributed by atoms with Gasteiger partial charge in [0.1, 0.15) is 0 Å². The summed E-state index contributed by atoms with van der Waals surface area (Å²) in [6.45, 7) is 0. The van der Waals surface area contributed by atoms with Gasteiger partial charge in [-0.2, -0.15) is 39.5 Å². The number of hydrogen-bond donors (Lipinski definition) is 2. The Balaban J connectivity index is 3.53. The second-order valence-corrected chi connectivity index (χ2v) is 6.31. The third kappa shape index (κ3) is 4.10. The van der Waals surface area contributed by atoms with Crippen molar-refractivity contribution in [3.8, 4) is 0 Å². The molecule has 0 aliphatic heterocycles. The molecule has 1 aromatic carbocycles. The highest BCUT2D eigenvalue weighted by atomic mass is 31.2. The van der Waals surface area contributed by atoms with E-state index in [-0.39, 0.29) is 0 Å². The number of nitrogens with two attached hydrogens (primary N) is 2. The fraction of sp³-hybridized carbons (Fsp3) is 0.455. The zero-order chi connectivity index (χ0) is 19.9. The predicted molar refractivity (Wildman–Crippen MR) is 67.1 cm³/mol. The van der Waals surface area contributed by atoms with Gasteiger partial charge >= 0.3 is 31.6 Å². The minimum Gasteiger partial charge on any atom is -0.292 e. The van der Waals surface area contributed by atoms with Crippen molar-refractivity contribution >= 4 is 7.67 Å². The number of halogens is 9. The molecule has 0 aliphatic carbocycles. The molecule has 0 aliphatic rings. The smallest absolute Gasteiger partial charge is 0.292 e. The fourth-order valence-electron chi connectivity index (χ4n) is 1.68. The van der Waals surface area contributed by atoms with Gasteiger partial charge in [0.05, 0.1) is 0 Å². The van der Waals surface area contributed by atoms with Crippen LogP contribution < -0.4 is 11.0 Å². The maximum atomic E-state index is 14.0. The van der Waals surface area contributed by atoms with Crippen LogP contribution in [-0.4, -0.2) is 23.9 Å². The predicted octanol–water partition coefficient (Wildman–Crippen LogP) is 4.24. The summed E-state index contributed by atoms with van der Waals surface area (Å²) >= 11 is 0. The lowest BCUT2D eigenvalue weighted by Crippen LogP contribution is -2.62. The van der Waals surface area contributed by atoms with Crippen LogP contribution in [0.25, 0.3) is 0 Å². The topological polar surface area (TPSA) is 78.3 Å². The van der Waals surface area contributed by atoms with Crippen molar-refractivity contribution in [2.24, 2.45) is 11.0 Å². The van der Waals surface area contributed by atoms with E-state index in [0.717, 1.165) is 12.1 Å². The van der Waals surface area contributed by atoms with Crippen LogP contribution in [0.2, 0.25) is 0 Å². The molecule has 0 radical (unpaired) electrons. The summed E-state index contributed by atoms with van der Waals surface area (Å²) in [6.07, 6.45) is -10.5. The zero-order valence-electron chi connectivity index (χ0n) is 11.8. The minimum absolute atomic E-state index is 0.635. The van der Waals surface area contributed by atoms with Gasteiger partial charge in [0.15, 0.2) is 6.10 Å². The lowest BCUT2D eigenvalue weighted by Gasteiger charge is -2.37. The first-order chi connectivity index (χ1) is 11.0. The van der Waals surface area contributed by atoms with Crippen LogP contribution in [0.15, 0.2) is 30.3 Å². The van der Waals surface area contributed by atoms with Crippen LogP contribution in [0.1, 0.15) is 11.7 Å². The summed E-state index contributed by atoms with van der Waals surface area (Å²) in [7, 11) is -4.99. The van der Waals surface area contributed by atoms with Crippen LogP contribution in [0, 0.1) is 0 Å². The SMILES string of the molecule is NP(N)(=O)O[C@@H](c1ccccc1)C(F)(F)C(F)(F)C(F)(F)C(F)(F)F. The number of hydrogen-bond acceptors (Lipinski definition) is 2. The monoisotopic (exact) mass is 404 g/mol. The molecule has 0 fully saturated rings. The molecule has 1 rings (SSSR count). The van der Waals surface area contributed by atoms with Crippen molar-refractivity contribution in [1.82, 2.24) is 0 Å². The lowest BCUT2D eigenvalue weighted by atomic mass is 9.94. The zero-order valence-corrected chi connectivity index (χ0v) is 12.7. The summed E-state index contributed by atoms with van der Waals surface area (Å²) in [5.74, 6) is -20.3. The van der Waals surface area contributed by atoms with Gasteiger partial charge in [-0.1, -0.05) is 30.3 Å². The molecule has 0 saturated carbocycles. The van der Waals surface area contributed by atoms with E-state index in [1.807, 2.05) is 0 Å². The van der Waals surface area contributed by atoms with Crippen molar-refractivity contribution in [3.05, 3.63) is 35.9 Å². The van der Waals surface area contributed by atoms with Crippen LogP contribution >= 0.6 is 7.67 Å². The second kappa shape index (κ2) is 6.45. The highest BCUT2D eigenvalue weighted by Gasteiger charge is 2.83. The van der Waals surface area contributed by atoms with Gasteiger partial charge in [-0.05, 0) is 5.56 Å². The van der Waals surface area contributed by atoms with E-state index in [9.17, 15) is 44.1 Å². The standard InChI is InChI=1S/C11H10F9N2O2P/c12-8(13,9(14,15)10(16,17)11(18,19)20)7(24-25(21,22)23)6-4-2-1-3-5-6/h1-5,7H,(H4,21,22,23)/t7-/m0/s1. The van der Waals surface area contributed by atoms with E-state index in [0.29, 0.717) is 12.1 Å². The lowest BCUT2D eigenvalue weighted by molar-refractivity contribution is -0.405. The van der Waals surface area contributed by atoms with Gasteiger partial charge in [0.2, 0.25) is 0 Å². The van der Waals surface area contributed by atoms with Crippen LogP contribution in [0.5, 0.6) is 0 Å². The minimum atomic E-state index is -7.13. The number of alkyl halides is 9. The molecular formula is C11H10F9N2O2P. The Bertz CT molecular complexity index is 645. The molecule has 0 bridgehead atoms. The third-order valence-corrected chi connectivity index (χ3v) is 3.41. The summed E-state index contributed by atoms with van der Waals surface area (Å²) in [5.41, 5.74) is 8.26. The summed E-state index contributed by atoms with van der Waals surface area (Å²) < 4.78 is 133. The van der Waals surface area contributed by atoms with Crippen LogP contribution in [0.4, 0.5) is 39.5 Å². The quantitative estimate of drug-likeness (QED) is 0.549. The highest BCUT2D eigenvalue weighted by molar-refractivity contribution is 7.53. The van der Waals surface area contributed by atoms with Crippen molar-refractivity contribution in [1.29, 1.82) is 0 Å². The Labute approximate surface area is 134 Å². The van der Waals surface area contributed by atoms with E-state index < -0.39 is 43.3 Å². The van der Waals surface area contributed by atoms with E-state index in [4.69, 9.17) is 0 Å². The molecule has 25 heavy (non-hydrogen) atoms. The van der Waals surface area contributed by atoms with E-state index >= 15 is 0 Å². The Morgan fingerprint density at radius 3 is 1.64 bits per heavy atom. The molecule has 144 valence electrons. The Morgan fingerprint density at radius 2 is 1.28 bits per heavy atom. The average molecular weight is 404 g/mol. The van der Waals surface area contributed by atoms with Crippen molar-refractivity contribution in [2.45, 2.75) is 30.0 Å². The molecule has 0 amide bonds. The molecule has 1 atom stereocenters. The summed E-state index contributed by atoms with van der Waals surface area (Å²) in [6, 6.07) is 4.37. The molecule has 0 spiro atoms. The molecule has 14 heteroatoms. The molecule has 4 nitrogen and oxygen atoms in total. The van der Waals surface area contributed by atoms with E-state index in [1.165, 1.54) is 6.07 Å². The number of rotatable bonds is 6. The van der Waals surface area contributed by atoms with Crippen molar-refractivity contribution < 1.29 is 48.6 Å². The second-order valence-electron chi connectivity index (χ2n) is 4.81. The molecule has 0 unspecified atom stereocenters. The molecule has 0 heterocycles.